The fourth-order valence-electron chi connectivity index (χ4n) is 2.56. The molecule has 3 heterocycles. The molecule has 1 aliphatic heterocycles. The quantitative estimate of drug-likeness (QED) is 0.852. The first kappa shape index (κ1) is 14.3. The predicted octanol–water partition coefficient (Wildman–Crippen LogP) is 3.18. The molecule has 4 nitrogen and oxygen atoms in total. The second kappa shape index (κ2) is 6.43. The Morgan fingerprint density at radius 3 is 2.81 bits per heavy atom. The maximum atomic E-state index is 4.80. The lowest BCUT2D eigenvalue weighted by Gasteiger charge is -2.28. The van der Waals surface area contributed by atoms with E-state index in [-0.39, 0.29) is 0 Å². The molecule has 0 aromatic carbocycles. The Hall–Kier alpha value is -1.62. The second-order valence-electron chi connectivity index (χ2n) is 5.37. The van der Waals surface area contributed by atoms with Gasteiger partial charge in [-0.05, 0) is 38.2 Å². The Morgan fingerprint density at radius 1 is 1.19 bits per heavy atom. The smallest absolute Gasteiger partial charge is 0.161 e. The SMILES string of the molecule is Cc1cc(N2CCSCCC2C)nc(-c2ccncc2)n1. The van der Waals surface area contributed by atoms with E-state index in [2.05, 4.69) is 27.9 Å². The minimum absolute atomic E-state index is 0.527. The number of thioether (sulfide) groups is 1. The molecule has 0 aliphatic carbocycles. The van der Waals surface area contributed by atoms with Gasteiger partial charge in [-0.3, -0.25) is 4.98 Å². The largest absolute Gasteiger partial charge is 0.353 e. The van der Waals surface area contributed by atoms with Crippen LogP contribution in [-0.2, 0) is 0 Å². The maximum Gasteiger partial charge on any atom is 0.161 e. The summed E-state index contributed by atoms with van der Waals surface area (Å²) in [5.41, 5.74) is 2.03. The molecule has 0 radical (unpaired) electrons. The van der Waals surface area contributed by atoms with Gasteiger partial charge in [-0.15, -0.1) is 0 Å². The van der Waals surface area contributed by atoms with Crippen LogP contribution in [0, 0.1) is 6.92 Å². The molecular formula is C16H20N4S. The first-order chi connectivity index (χ1) is 10.2. The number of nitrogens with zero attached hydrogens (tertiary/aromatic N) is 4. The summed E-state index contributed by atoms with van der Waals surface area (Å²) in [4.78, 5) is 15.9. The van der Waals surface area contributed by atoms with E-state index in [0.717, 1.165) is 35.2 Å². The van der Waals surface area contributed by atoms with Gasteiger partial charge in [0.15, 0.2) is 5.82 Å². The minimum atomic E-state index is 0.527. The van der Waals surface area contributed by atoms with E-state index in [1.807, 2.05) is 30.8 Å². The van der Waals surface area contributed by atoms with Gasteiger partial charge in [0.25, 0.3) is 0 Å². The zero-order valence-corrected chi connectivity index (χ0v) is 13.3. The molecule has 1 saturated heterocycles. The zero-order chi connectivity index (χ0) is 14.7. The van der Waals surface area contributed by atoms with Crippen LogP contribution in [0.4, 0.5) is 5.82 Å². The lowest BCUT2D eigenvalue weighted by Crippen LogP contribution is -2.34. The van der Waals surface area contributed by atoms with Gasteiger partial charge in [0.1, 0.15) is 5.82 Å². The molecule has 1 aliphatic rings. The molecule has 0 N–H and O–H groups in total. The Morgan fingerprint density at radius 2 is 2.00 bits per heavy atom. The molecule has 0 saturated carbocycles. The zero-order valence-electron chi connectivity index (χ0n) is 12.5. The van der Waals surface area contributed by atoms with Crippen molar-refractivity contribution >= 4 is 17.6 Å². The number of aromatic nitrogens is 3. The van der Waals surface area contributed by atoms with Crippen molar-refractivity contribution in [1.29, 1.82) is 0 Å². The highest BCUT2D eigenvalue weighted by Gasteiger charge is 2.19. The summed E-state index contributed by atoms with van der Waals surface area (Å²) in [5.74, 6) is 4.23. The van der Waals surface area contributed by atoms with Crippen LogP contribution in [0.15, 0.2) is 30.6 Å². The molecule has 1 fully saturated rings. The van der Waals surface area contributed by atoms with Crippen LogP contribution in [0.1, 0.15) is 19.0 Å². The van der Waals surface area contributed by atoms with Gasteiger partial charge in [-0.1, -0.05) is 0 Å². The van der Waals surface area contributed by atoms with Crippen molar-refractivity contribution in [2.45, 2.75) is 26.3 Å². The average Bonchev–Trinajstić information content (AvgIpc) is 2.72. The molecule has 5 heteroatoms. The van der Waals surface area contributed by atoms with E-state index in [4.69, 9.17) is 4.98 Å². The number of aryl methyl sites for hydroxylation is 1. The molecule has 2 aromatic heterocycles. The monoisotopic (exact) mass is 300 g/mol. The lowest BCUT2D eigenvalue weighted by atomic mass is 10.2. The van der Waals surface area contributed by atoms with Crippen LogP contribution >= 0.6 is 11.8 Å². The van der Waals surface area contributed by atoms with Gasteiger partial charge >= 0.3 is 0 Å². The van der Waals surface area contributed by atoms with E-state index in [1.54, 1.807) is 12.4 Å². The molecule has 21 heavy (non-hydrogen) atoms. The van der Waals surface area contributed by atoms with Gasteiger partial charge < -0.3 is 4.90 Å². The number of rotatable bonds is 2. The first-order valence-corrected chi connectivity index (χ1v) is 8.50. The van der Waals surface area contributed by atoms with E-state index >= 15 is 0 Å². The standard InChI is InChI=1S/C16H20N4S/c1-12-11-15(20-8-10-21-9-5-13(20)2)19-16(18-12)14-3-6-17-7-4-14/h3-4,6-7,11,13H,5,8-10H2,1-2H3. The van der Waals surface area contributed by atoms with Crippen molar-refractivity contribution in [3.8, 4) is 11.4 Å². The van der Waals surface area contributed by atoms with Gasteiger partial charge in [0.05, 0.1) is 0 Å². The highest BCUT2D eigenvalue weighted by Crippen LogP contribution is 2.24. The van der Waals surface area contributed by atoms with E-state index in [9.17, 15) is 0 Å². The third-order valence-corrected chi connectivity index (χ3v) is 4.76. The van der Waals surface area contributed by atoms with E-state index in [0.29, 0.717) is 6.04 Å². The molecular weight excluding hydrogens is 280 g/mol. The second-order valence-corrected chi connectivity index (χ2v) is 6.60. The van der Waals surface area contributed by atoms with Crippen LogP contribution in [0.5, 0.6) is 0 Å². The van der Waals surface area contributed by atoms with Crippen molar-refractivity contribution in [1.82, 2.24) is 15.0 Å². The third-order valence-electron chi connectivity index (χ3n) is 3.76. The van der Waals surface area contributed by atoms with Crippen LogP contribution in [0.2, 0.25) is 0 Å². The number of hydrogen-bond acceptors (Lipinski definition) is 5. The molecule has 110 valence electrons. The molecule has 0 spiro atoms. The lowest BCUT2D eigenvalue weighted by molar-refractivity contribution is 0.637. The van der Waals surface area contributed by atoms with Crippen LogP contribution in [-0.4, -0.2) is 39.0 Å². The van der Waals surface area contributed by atoms with E-state index in [1.165, 1.54) is 12.2 Å². The molecule has 0 bridgehead atoms. The Kier molecular flexibility index (Phi) is 4.39. The van der Waals surface area contributed by atoms with Gasteiger partial charge in [0.2, 0.25) is 0 Å². The van der Waals surface area contributed by atoms with Crippen LogP contribution in [0.3, 0.4) is 0 Å². The third kappa shape index (κ3) is 3.35. The van der Waals surface area contributed by atoms with Gasteiger partial charge in [-0.2, -0.15) is 11.8 Å². The van der Waals surface area contributed by atoms with Crippen molar-refractivity contribution in [3.05, 3.63) is 36.3 Å². The highest BCUT2D eigenvalue weighted by atomic mass is 32.2. The van der Waals surface area contributed by atoms with Crippen LogP contribution in [0.25, 0.3) is 11.4 Å². The summed E-state index contributed by atoms with van der Waals surface area (Å²) >= 11 is 2.03. The molecule has 3 rings (SSSR count). The molecule has 0 amide bonds. The van der Waals surface area contributed by atoms with E-state index < -0.39 is 0 Å². The van der Waals surface area contributed by atoms with Crippen molar-refractivity contribution in [2.75, 3.05) is 23.0 Å². The summed E-state index contributed by atoms with van der Waals surface area (Å²) < 4.78 is 0. The van der Waals surface area contributed by atoms with Gasteiger partial charge in [0, 0.05) is 48.1 Å². The summed E-state index contributed by atoms with van der Waals surface area (Å²) in [6.45, 7) is 5.38. The Balaban J connectivity index is 1.97. The molecule has 1 atom stereocenters. The summed E-state index contributed by atoms with van der Waals surface area (Å²) in [7, 11) is 0. The van der Waals surface area contributed by atoms with Crippen LogP contribution < -0.4 is 4.90 Å². The predicted molar refractivity (Wildman–Crippen MR) is 88.8 cm³/mol. The number of anilines is 1. The summed E-state index contributed by atoms with van der Waals surface area (Å²) in [6.07, 6.45) is 4.77. The topological polar surface area (TPSA) is 41.9 Å². The summed E-state index contributed by atoms with van der Waals surface area (Å²) in [6, 6.07) is 6.54. The number of pyridine rings is 1. The van der Waals surface area contributed by atoms with Crippen molar-refractivity contribution in [3.63, 3.8) is 0 Å². The maximum absolute atomic E-state index is 4.80. The van der Waals surface area contributed by atoms with Crippen molar-refractivity contribution in [2.24, 2.45) is 0 Å². The Bertz CT molecular complexity index is 602. The van der Waals surface area contributed by atoms with Crippen molar-refractivity contribution < 1.29 is 0 Å². The molecule has 1 unspecified atom stereocenters. The molecule has 2 aromatic rings. The first-order valence-electron chi connectivity index (χ1n) is 7.34. The fourth-order valence-corrected chi connectivity index (χ4v) is 3.60. The normalized spacial score (nSPS) is 19.3. The highest BCUT2D eigenvalue weighted by molar-refractivity contribution is 7.99. The minimum Gasteiger partial charge on any atom is -0.353 e. The Labute approximate surface area is 130 Å². The average molecular weight is 300 g/mol. The van der Waals surface area contributed by atoms with Gasteiger partial charge in [-0.25, -0.2) is 9.97 Å². The fraction of sp³-hybridized carbons (Fsp3) is 0.438. The number of hydrogen-bond donors (Lipinski definition) is 0. The summed E-state index contributed by atoms with van der Waals surface area (Å²) in [5, 5.41) is 0.